The number of nitro benzene ring substituents is 1. The number of para-hydroxylation sites is 1. The summed E-state index contributed by atoms with van der Waals surface area (Å²) in [6.07, 6.45) is -0.757. The van der Waals surface area contributed by atoms with Gasteiger partial charge in [-0.25, -0.2) is 9.59 Å². The standard InChI is InChI=1S/C16H20N2O7/c1-4-10(2)25-15(22)16(14(20)21,17-11(3)19)9-12-7-5-6-8-13(12)18(23)24/h5-8,10H,4,9H2,1-3H3,(H,17,19)(H,20,21). The maximum Gasteiger partial charge on any atom is 0.344 e. The molecule has 0 spiro atoms. The summed E-state index contributed by atoms with van der Waals surface area (Å²) in [6, 6.07) is 5.41. The van der Waals surface area contributed by atoms with Gasteiger partial charge in [0.05, 0.1) is 11.0 Å². The Morgan fingerprint density at radius 2 is 1.96 bits per heavy atom. The van der Waals surface area contributed by atoms with E-state index < -0.39 is 40.8 Å². The first-order valence-corrected chi connectivity index (χ1v) is 7.59. The lowest BCUT2D eigenvalue weighted by molar-refractivity contribution is -0.385. The minimum absolute atomic E-state index is 0.00949. The highest BCUT2D eigenvalue weighted by Crippen LogP contribution is 2.25. The average Bonchev–Trinajstić information content (AvgIpc) is 2.53. The molecule has 0 aliphatic carbocycles. The molecule has 9 heteroatoms. The molecule has 0 radical (unpaired) electrons. The van der Waals surface area contributed by atoms with Crippen molar-refractivity contribution >= 4 is 23.5 Å². The molecular formula is C16H20N2O7. The second kappa shape index (κ2) is 8.22. The topological polar surface area (TPSA) is 136 Å². The molecular weight excluding hydrogens is 332 g/mol. The molecule has 0 bridgehead atoms. The lowest BCUT2D eigenvalue weighted by atomic mass is 9.89. The second-order valence-corrected chi connectivity index (χ2v) is 5.58. The van der Waals surface area contributed by atoms with E-state index in [2.05, 4.69) is 5.32 Å². The van der Waals surface area contributed by atoms with Crippen LogP contribution in [0.5, 0.6) is 0 Å². The monoisotopic (exact) mass is 352 g/mol. The number of nitrogens with zero attached hydrogens (tertiary/aromatic N) is 1. The zero-order valence-electron chi connectivity index (χ0n) is 14.1. The Kier molecular flexibility index (Phi) is 6.60. The lowest BCUT2D eigenvalue weighted by Crippen LogP contribution is -2.62. The summed E-state index contributed by atoms with van der Waals surface area (Å²) in [5.74, 6) is -3.61. The number of benzene rings is 1. The van der Waals surface area contributed by atoms with Crippen LogP contribution in [0, 0.1) is 10.1 Å². The van der Waals surface area contributed by atoms with Crippen LogP contribution in [0.4, 0.5) is 5.69 Å². The highest BCUT2D eigenvalue weighted by molar-refractivity contribution is 6.07. The van der Waals surface area contributed by atoms with Crippen LogP contribution in [-0.2, 0) is 25.5 Å². The SMILES string of the molecule is CCC(C)OC(=O)C(Cc1ccccc1[N+](=O)[O-])(NC(C)=O)C(=O)O. The highest BCUT2D eigenvalue weighted by atomic mass is 16.6. The fraction of sp³-hybridized carbons (Fsp3) is 0.438. The number of nitro groups is 1. The predicted octanol–water partition coefficient (Wildman–Crippen LogP) is 1.44. The van der Waals surface area contributed by atoms with Crippen molar-refractivity contribution in [3.63, 3.8) is 0 Å². The lowest BCUT2D eigenvalue weighted by Gasteiger charge is -2.29. The van der Waals surface area contributed by atoms with Gasteiger partial charge in [-0.1, -0.05) is 25.1 Å². The van der Waals surface area contributed by atoms with E-state index in [4.69, 9.17) is 4.74 Å². The summed E-state index contributed by atoms with van der Waals surface area (Å²) >= 11 is 0. The van der Waals surface area contributed by atoms with Crippen molar-refractivity contribution in [3.8, 4) is 0 Å². The quantitative estimate of drug-likeness (QED) is 0.313. The molecule has 0 fully saturated rings. The minimum atomic E-state index is -2.46. The van der Waals surface area contributed by atoms with E-state index in [1.807, 2.05) is 0 Å². The Morgan fingerprint density at radius 3 is 2.44 bits per heavy atom. The van der Waals surface area contributed by atoms with E-state index in [0.29, 0.717) is 6.42 Å². The molecule has 1 aromatic carbocycles. The number of carboxylic acids is 1. The minimum Gasteiger partial charge on any atom is -0.479 e. The van der Waals surface area contributed by atoms with Crippen LogP contribution in [-0.4, -0.2) is 39.5 Å². The predicted molar refractivity (Wildman–Crippen MR) is 86.8 cm³/mol. The molecule has 2 N–H and O–H groups in total. The van der Waals surface area contributed by atoms with Gasteiger partial charge in [-0.2, -0.15) is 0 Å². The summed E-state index contributed by atoms with van der Waals surface area (Å²) in [5.41, 5.74) is -2.82. The summed E-state index contributed by atoms with van der Waals surface area (Å²) in [6.45, 7) is 4.36. The molecule has 1 rings (SSSR count). The number of carbonyl (C=O) groups excluding carboxylic acids is 2. The van der Waals surface area contributed by atoms with E-state index in [1.54, 1.807) is 13.8 Å². The fourth-order valence-corrected chi connectivity index (χ4v) is 2.18. The number of esters is 1. The van der Waals surface area contributed by atoms with Gasteiger partial charge in [-0.15, -0.1) is 0 Å². The number of carboxylic acid groups (broad SMARTS) is 1. The van der Waals surface area contributed by atoms with Crippen molar-refractivity contribution in [2.45, 2.75) is 45.3 Å². The third-order valence-electron chi connectivity index (χ3n) is 3.63. The van der Waals surface area contributed by atoms with Gasteiger partial charge in [0.2, 0.25) is 11.4 Å². The van der Waals surface area contributed by atoms with Crippen molar-refractivity contribution in [1.29, 1.82) is 0 Å². The Morgan fingerprint density at radius 1 is 1.36 bits per heavy atom. The number of ether oxygens (including phenoxy) is 1. The maximum atomic E-state index is 12.5. The molecule has 0 aliphatic heterocycles. The first-order valence-electron chi connectivity index (χ1n) is 7.59. The van der Waals surface area contributed by atoms with Crippen LogP contribution < -0.4 is 5.32 Å². The molecule has 2 unspecified atom stereocenters. The number of hydrogen-bond donors (Lipinski definition) is 2. The number of nitrogens with one attached hydrogen (secondary N) is 1. The van der Waals surface area contributed by atoms with Gasteiger partial charge in [-0.05, 0) is 13.3 Å². The van der Waals surface area contributed by atoms with Crippen molar-refractivity contribution < 1.29 is 29.2 Å². The number of amides is 1. The van der Waals surface area contributed by atoms with Crippen LogP contribution >= 0.6 is 0 Å². The van der Waals surface area contributed by atoms with Gasteiger partial charge in [0.15, 0.2) is 0 Å². The Labute approximate surface area is 144 Å². The number of carbonyl (C=O) groups is 3. The summed E-state index contributed by atoms with van der Waals surface area (Å²) < 4.78 is 5.10. The Balaban J connectivity index is 3.40. The maximum absolute atomic E-state index is 12.5. The van der Waals surface area contributed by atoms with E-state index in [9.17, 15) is 29.6 Å². The molecule has 136 valence electrons. The van der Waals surface area contributed by atoms with Gasteiger partial charge in [-0.3, -0.25) is 14.9 Å². The molecule has 0 saturated heterocycles. The molecule has 0 saturated carbocycles. The van der Waals surface area contributed by atoms with Crippen LogP contribution in [0.1, 0.15) is 32.8 Å². The van der Waals surface area contributed by atoms with E-state index in [1.165, 1.54) is 24.3 Å². The highest BCUT2D eigenvalue weighted by Gasteiger charge is 2.50. The van der Waals surface area contributed by atoms with E-state index in [0.717, 1.165) is 6.92 Å². The molecule has 25 heavy (non-hydrogen) atoms. The Hall–Kier alpha value is -2.97. The van der Waals surface area contributed by atoms with Gasteiger partial charge in [0, 0.05) is 25.0 Å². The first kappa shape index (κ1) is 20.1. The molecule has 0 heterocycles. The molecule has 0 aliphatic rings. The molecule has 0 aromatic heterocycles. The van der Waals surface area contributed by atoms with Crippen molar-refractivity contribution in [1.82, 2.24) is 5.32 Å². The van der Waals surface area contributed by atoms with Crippen LogP contribution in [0.3, 0.4) is 0 Å². The first-order chi connectivity index (χ1) is 11.6. The summed E-state index contributed by atoms with van der Waals surface area (Å²) in [7, 11) is 0. The molecule has 1 aromatic rings. The molecule has 9 nitrogen and oxygen atoms in total. The Bertz CT molecular complexity index is 689. The number of aliphatic carboxylic acids is 1. The largest absolute Gasteiger partial charge is 0.479 e. The van der Waals surface area contributed by atoms with Crippen molar-refractivity contribution in [2.24, 2.45) is 0 Å². The number of hydrogen-bond acceptors (Lipinski definition) is 6. The summed E-state index contributed by atoms with van der Waals surface area (Å²) in [5, 5.41) is 22.9. The normalized spacial score (nSPS) is 14.0. The van der Waals surface area contributed by atoms with Crippen LogP contribution in [0.15, 0.2) is 24.3 Å². The van der Waals surface area contributed by atoms with Crippen LogP contribution in [0.25, 0.3) is 0 Å². The average molecular weight is 352 g/mol. The van der Waals surface area contributed by atoms with Gasteiger partial charge in [0.1, 0.15) is 0 Å². The molecule has 1 amide bonds. The third kappa shape index (κ3) is 4.75. The second-order valence-electron chi connectivity index (χ2n) is 5.58. The fourth-order valence-electron chi connectivity index (χ4n) is 2.18. The smallest absolute Gasteiger partial charge is 0.344 e. The third-order valence-corrected chi connectivity index (χ3v) is 3.63. The number of rotatable bonds is 8. The van der Waals surface area contributed by atoms with Crippen LogP contribution in [0.2, 0.25) is 0 Å². The van der Waals surface area contributed by atoms with Crippen molar-refractivity contribution in [2.75, 3.05) is 0 Å². The van der Waals surface area contributed by atoms with E-state index in [-0.39, 0.29) is 11.3 Å². The van der Waals surface area contributed by atoms with Gasteiger partial charge >= 0.3 is 11.9 Å². The van der Waals surface area contributed by atoms with Gasteiger partial charge in [0.25, 0.3) is 5.69 Å². The van der Waals surface area contributed by atoms with E-state index >= 15 is 0 Å². The molecule has 2 atom stereocenters. The zero-order chi connectivity index (χ0) is 19.2. The van der Waals surface area contributed by atoms with Gasteiger partial charge < -0.3 is 15.2 Å². The zero-order valence-corrected chi connectivity index (χ0v) is 14.1. The van der Waals surface area contributed by atoms with Crippen molar-refractivity contribution in [3.05, 3.63) is 39.9 Å². The summed E-state index contributed by atoms with van der Waals surface area (Å²) in [4.78, 5) is 46.4.